The highest BCUT2D eigenvalue weighted by atomic mass is 19.3. The SMILES string of the molecule is O=C(O)c1cnc(C2CCCCCC2)nc1C(F)F. The molecule has 1 heterocycles. The van der Waals surface area contributed by atoms with Crippen molar-refractivity contribution < 1.29 is 18.7 Å². The van der Waals surface area contributed by atoms with E-state index in [-0.39, 0.29) is 5.92 Å². The standard InChI is InChI=1S/C13H16F2N2O2/c14-11(15)10-9(13(18)19)7-16-12(17-10)8-5-3-1-2-4-6-8/h7-8,11H,1-6H2,(H,18,19). The number of aromatic nitrogens is 2. The Labute approximate surface area is 109 Å². The molecule has 0 bridgehead atoms. The van der Waals surface area contributed by atoms with Gasteiger partial charge in [0.2, 0.25) is 0 Å². The maximum Gasteiger partial charge on any atom is 0.339 e. The van der Waals surface area contributed by atoms with Gasteiger partial charge in [-0.15, -0.1) is 0 Å². The number of hydrogen-bond donors (Lipinski definition) is 1. The molecule has 0 radical (unpaired) electrons. The average Bonchev–Trinajstić information content (AvgIpc) is 2.66. The van der Waals surface area contributed by atoms with Crippen molar-refractivity contribution in [2.75, 3.05) is 0 Å². The maximum absolute atomic E-state index is 12.9. The third-order valence-electron chi connectivity index (χ3n) is 3.49. The molecule has 0 unspecified atom stereocenters. The Kier molecular flexibility index (Phi) is 4.39. The predicted octanol–water partition coefficient (Wildman–Crippen LogP) is 3.55. The van der Waals surface area contributed by atoms with Gasteiger partial charge >= 0.3 is 5.97 Å². The molecule has 0 aromatic carbocycles. The van der Waals surface area contributed by atoms with E-state index in [2.05, 4.69) is 9.97 Å². The lowest BCUT2D eigenvalue weighted by Gasteiger charge is -2.14. The van der Waals surface area contributed by atoms with E-state index in [1.54, 1.807) is 0 Å². The molecule has 1 aliphatic carbocycles. The van der Waals surface area contributed by atoms with E-state index < -0.39 is 23.7 Å². The largest absolute Gasteiger partial charge is 0.478 e. The minimum atomic E-state index is -2.89. The van der Waals surface area contributed by atoms with Crippen LogP contribution in [0.2, 0.25) is 0 Å². The molecule has 104 valence electrons. The highest BCUT2D eigenvalue weighted by molar-refractivity contribution is 5.88. The van der Waals surface area contributed by atoms with Crippen molar-refractivity contribution >= 4 is 5.97 Å². The molecule has 0 aliphatic heterocycles. The highest BCUT2D eigenvalue weighted by Gasteiger charge is 2.24. The second-order valence-electron chi connectivity index (χ2n) is 4.82. The van der Waals surface area contributed by atoms with Gasteiger partial charge in [-0.3, -0.25) is 0 Å². The topological polar surface area (TPSA) is 63.1 Å². The van der Waals surface area contributed by atoms with Gasteiger partial charge < -0.3 is 5.11 Å². The first kappa shape index (κ1) is 13.8. The summed E-state index contributed by atoms with van der Waals surface area (Å²) in [5.41, 5.74) is -1.17. The van der Waals surface area contributed by atoms with E-state index in [0.717, 1.165) is 44.7 Å². The van der Waals surface area contributed by atoms with Gasteiger partial charge in [0, 0.05) is 12.1 Å². The minimum Gasteiger partial charge on any atom is -0.478 e. The Bertz CT molecular complexity index is 458. The molecule has 1 aliphatic rings. The summed E-state index contributed by atoms with van der Waals surface area (Å²) < 4.78 is 25.7. The van der Waals surface area contributed by atoms with Gasteiger partial charge in [-0.2, -0.15) is 0 Å². The lowest BCUT2D eigenvalue weighted by atomic mass is 9.99. The van der Waals surface area contributed by atoms with Crippen molar-refractivity contribution in [1.82, 2.24) is 9.97 Å². The van der Waals surface area contributed by atoms with Crippen LogP contribution in [0.15, 0.2) is 6.20 Å². The molecular formula is C13H16F2N2O2. The van der Waals surface area contributed by atoms with Crippen molar-refractivity contribution in [3.8, 4) is 0 Å². The summed E-state index contributed by atoms with van der Waals surface area (Å²) in [5.74, 6) is -0.979. The Hall–Kier alpha value is -1.59. The molecule has 2 rings (SSSR count). The molecule has 0 amide bonds. The summed E-state index contributed by atoms with van der Waals surface area (Å²) in [6, 6.07) is 0. The summed E-state index contributed by atoms with van der Waals surface area (Å²) >= 11 is 0. The monoisotopic (exact) mass is 270 g/mol. The van der Waals surface area contributed by atoms with Crippen molar-refractivity contribution in [1.29, 1.82) is 0 Å². The maximum atomic E-state index is 12.9. The molecule has 1 aromatic heterocycles. The molecule has 1 fully saturated rings. The molecular weight excluding hydrogens is 254 g/mol. The van der Waals surface area contributed by atoms with E-state index in [4.69, 9.17) is 5.11 Å². The number of carboxylic acid groups (broad SMARTS) is 1. The summed E-state index contributed by atoms with van der Waals surface area (Å²) in [6.45, 7) is 0. The zero-order valence-electron chi connectivity index (χ0n) is 10.5. The van der Waals surface area contributed by atoms with Crippen molar-refractivity contribution in [3.05, 3.63) is 23.3 Å². The molecule has 6 heteroatoms. The third-order valence-corrected chi connectivity index (χ3v) is 3.49. The van der Waals surface area contributed by atoms with E-state index >= 15 is 0 Å². The second-order valence-corrected chi connectivity index (χ2v) is 4.82. The number of carbonyl (C=O) groups is 1. The molecule has 1 aromatic rings. The number of halogens is 2. The number of carboxylic acids is 1. The van der Waals surface area contributed by atoms with Gasteiger partial charge in [-0.25, -0.2) is 23.5 Å². The highest BCUT2D eigenvalue weighted by Crippen LogP contribution is 2.31. The molecule has 19 heavy (non-hydrogen) atoms. The lowest BCUT2D eigenvalue weighted by Crippen LogP contribution is -2.12. The fourth-order valence-electron chi connectivity index (χ4n) is 2.47. The molecule has 4 nitrogen and oxygen atoms in total. The zero-order chi connectivity index (χ0) is 13.8. The number of nitrogens with zero attached hydrogens (tertiary/aromatic N) is 2. The quantitative estimate of drug-likeness (QED) is 0.853. The number of hydrogen-bond acceptors (Lipinski definition) is 3. The zero-order valence-corrected chi connectivity index (χ0v) is 10.5. The Morgan fingerprint density at radius 3 is 2.42 bits per heavy atom. The van der Waals surface area contributed by atoms with Crippen LogP contribution in [0.5, 0.6) is 0 Å². The van der Waals surface area contributed by atoms with Gasteiger partial charge in [-0.1, -0.05) is 25.7 Å². The van der Waals surface area contributed by atoms with E-state index in [1.807, 2.05) is 0 Å². The smallest absolute Gasteiger partial charge is 0.339 e. The molecule has 0 saturated heterocycles. The van der Waals surface area contributed by atoms with Crippen molar-refractivity contribution in [2.45, 2.75) is 50.9 Å². The van der Waals surface area contributed by atoms with Crippen LogP contribution >= 0.6 is 0 Å². The normalized spacial score (nSPS) is 17.4. The summed E-state index contributed by atoms with van der Waals surface area (Å²) in [4.78, 5) is 18.7. The predicted molar refractivity (Wildman–Crippen MR) is 64.4 cm³/mol. The van der Waals surface area contributed by atoms with Crippen molar-refractivity contribution in [3.63, 3.8) is 0 Å². The summed E-state index contributed by atoms with van der Waals surface area (Å²) in [5, 5.41) is 8.85. The summed E-state index contributed by atoms with van der Waals surface area (Å²) in [6.07, 6.45) is 4.26. The van der Waals surface area contributed by atoms with Gasteiger partial charge in [-0.05, 0) is 12.8 Å². The molecule has 1 saturated carbocycles. The van der Waals surface area contributed by atoms with Crippen LogP contribution in [0.25, 0.3) is 0 Å². The van der Waals surface area contributed by atoms with E-state index in [1.165, 1.54) is 0 Å². The van der Waals surface area contributed by atoms with Gasteiger partial charge in [0.1, 0.15) is 17.1 Å². The molecule has 0 spiro atoms. The Morgan fingerprint density at radius 2 is 1.89 bits per heavy atom. The fourth-order valence-corrected chi connectivity index (χ4v) is 2.47. The fraction of sp³-hybridized carbons (Fsp3) is 0.615. The first-order valence-electron chi connectivity index (χ1n) is 6.48. The van der Waals surface area contributed by atoms with E-state index in [0.29, 0.717) is 5.82 Å². The van der Waals surface area contributed by atoms with Crippen LogP contribution in [-0.2, 0) is 0 Å². The third kappa shape index (κ3) is 3.24. The molecule has 1 N–H and O–H groups in total. The first-order valence-corrected chi connectivity index (χ1v) is 6.48. The van der Waals surface area contributed by atoms with E-state index in [9.17, 15) is 13.6 Å². The van der Waals surface area contributed by atoms with Crippen molar-refractivity contribution in [2.24, 2.45) is 0 Å². The first-order chi connectivity index (χ1) is 9.09. The van der Waals surface area contributed by atoms with Crippen LogP contribution in [0, 0.1) is 0 Å². The minimum absolute atomic E-state index is 0.0721. The van der Waals surface area contributed by atoms with Gasteiger partial charge in [0.05, 0.1) is 0 Å². The van der Waals surface area contributed by atoms with Crippen LogP contribution in [-0.4, -0.2) is 21.0 Å². The van der Waals surface area contributed by atoms with Gasteiger partial charge in [0.25, 0.3) is 6.43 Å². The second kappa shape index (κ2) is 6.04. The number of rotatable bonds is 3. The Balaban J connectivity index is 2.31. The average molecular weight is 270 g/mol. The number of aromatic carboxylic acids is 1. The van der Waals surface area contributed by atoms with Crippen LogP contribution in [0.1, 0.15) is 72.7 Å². The molecule has 0 atom stereocenters. The van der Waals surface area contributed by atoms with Crippen LogP contribution in [0.4, 0.5) is 8.78 Å². The van der Waals surface area contributed by atoms with Gasteiger partial charge in [0.15, 0.2) is 0 Å². The summed E-state index contributed by atoms with van der Waals surface area (Å²) in [7, 11) is 0. The lowest BCUT2D eigenvalue weighted by molar-refractivity contribution is 0.0681. The number of alkyl halides is 2. The van der Waals surface area contributed by atoms with Crippen LogP contribution < -0.4 is 0 Å². The Morgan fingerprint density at radius 1 is 1.26 bits per heavy atom. The van der Waals surface area contributed by atoms with Crippen LogP contribution in [0.3, 0.4) is 0 Å².